The highest BCUT2D eigenvalue weighted by Gasteiger charge is 2.12. The molecule has 0 aliphatic heterocycles. The molecule has 0 aliphatic carbocycles. The molecule has 0 saturated carbocycles. The summed E-state index contributed by atoms with van der Waals surface area (Å²) in [6, 6.07) is 3.53. The number of aromatic nitrogens is 1. The van der Waals surface area contributed by atoms with Crippen LogP contribution >= 0.6 is 0 Å². The van der Waals surface area contributed by atoms with E-state index < -0.39 is 17.3 Å². The van der Waals surface area contributed by atoms with Crippen molar-refractivity contribution >= 4 is 11.5 Å². The summed E-state index contributed by atoms with van der Waals surface area (Å²) in [5.74, 6) is -1.72. The molecule has 0 bridgehead atoms. The predicted octanol–water partition coefficient (Wildman–Crippen LogP) is 1.45. The van der Waals surface area contributed by atoms with Crippen LogP contribution in [0.3, 0.4) is 0 Å². The Hall–Kier alpha value is -2.17. The first-order valence-corrected chi connectivity index (χ1v) is 4.55. The van der Waals surface area contributed by atoms with Crippen molar-refractivity contribution in [3.63, 3.8) is 0 Å². The van der Waals surface area contributed by atoms with Crippen molar-refractivity contribution in [2.75, 3.05) is 0 Å². The smallest absolute Gasteiger partial charge is 0.337 e. The molecular weight excluding hydrogens is 213 g/mol. The lowest BCUT2D eigenvalue weighted by molar-refractivity contribution is 0.0698. The number of hydrogen-bond acceptors (Lipinski definition) is 2. The predicted molar refractivity (Wildman–Crippen MR) is 55.3 cm³/mol. The van der Waals surface area contributed by atoms with Gasteiger partial charge in [0, 0.05) is 12.3 Å². The van der Waals surface area contributed by atoms with Gasteiger partial charge in [0.05, 0.1) is 11.1 Å². The van der Waals surface area contributed by atoms with Crippen LogP contribution < -0.4 is 5.56 Å². The van der Waals surface area contributed by atoms with Crippen molar-refractivity contribution in [2.45, 2.75) is 6.92 Å². The molecule has 2 aromatic heterocycles. The van der Waals surface area contributed by atoms with Crippen molar-refractivity contribution in [1.82, 2.24) is 4.40 Å². The van der Waals surface area contributed by atoms with Crippen molar-refractivity contribution in [2.24, 2.45) is 0 Å². The molecular formula is C11H8FNO3. The van der Waals surface area contributed by atoms with Gasteiger partial charge in [0.15, 0.2) is 0 Å². The minimum absolute atomic E-state index is 0.0166. The summed E-state index contributed by atoms with van der Waals surface area (Å²) < 4.78 is 14.1. The van der Waals surface area contributed by atoms with E-state index in [9.17, 15) is 14.0 Å². The van der Waals surface area contributed by atoms with E-state index in [1.807, 2.05) is 0 Å². The number of nitrogens with zero attached hydrogens (tertiary/aromatic N) is 1. The summed E-state index contributed by atoms with van der Waals surface area (Å²) in [7, 11) is 0. The molecule has 2 rings (SSSR count). The Kier molecular flexibility index (Phi) is 2.23. The van der Waals surface area contributed by atoms with E-state index in [-0.39, 0.29) is 11.1 Å². The van der Waals surface area contributed by atoms with E-state index in [1.165, 1.54) is 12.1 Å². The lowest BCUT2D eigenvalue weighted by Gasteiger charge is -2.07. The first-order chi connectivity index (χ1) is 7.50. The van der Waals surface area contributed by atoms with Gasteiger partial charge in [-0.3, -0.25) is 9.20 Å². The lowest BCUT2D eigenvalue weighted by Crippen LogP contribution is -2.16. The van der Waals surface area contributed by atoms with Crippen molar-refractivity contribution < 1.29 is 14.3 Å². The molecule has 0 saturated heterocycles. The van der Waals surface area contributed by atoms with Gasteiger partial charge < -0.3 is 5.11 Å². The van der Waals surface area contributed by atoms with Gasteiger partial charge in [-0.25, -0.2) is 9.18 Å². The van der Waals surface area contributed by atoms with E-state index >= 15 is 0 Å². The van der Waals surface area contributed by atoms with Crippen LogP contribution in [0.15, 0.2) is 29.2 Å². The zero-order valence-corrected chi connectivity index (χ0v) is 8.40. The number of hydrogen-bond donors (Lipinski definition) is 1. The average molecular weight is 221 g/mol. The second kappa shape index (κ2) is 3.44. The highest BCUT2D eigenvalue weighted by Crippen LogP contribution is 2.15. The number of fused-ring (bicyclic) bond motifs is 1. The molecule has 82 valence electrons. The molecule has 2 aromatic rings. The third kappa shape index (κ3) is 1.46. The molecule has 0 aliphatic rings. The van der Waals surface area contributed by atoms with E-state index in [4.69, 9.17) is 5.11 Å². The van der Waals surface area contributed by atoms with Gasteiger partial charge >= 0.3 is 5.97 Å². The molecule has 0 radical (unpaired) electrons. The lowest BCUT2D eigenvalue weighted by atomic mass is 10.1. The van der Waals surface area contributed by atoms with Crippen molar-refractivity contribution in [1.29, 1.82) is 0 Å². The average Bonchev–Trinajstić information content (AvgIpc) is 2.19. The molecule has 2 heterocycles. The molecule has 0 aromatic carbocycles. The van der Waals surface area contributed by atoms with Gasteiger partial charge in [-0.15, -0.1) is 0 Å². The molecule has 0 atom stereocenters. The minimum atomic E-state index is -1.15. The molecule has 0 amide bonds. The fraction of sp³-hybridized carbons (Fsp3) is 0.0909. The van der Waals surface area contributed by atoms with Gasteiger partial charge in [0.2, 0.25) is 0 Å². The minimum Gasteiger partial charge on any atom is -0.478 e. The highest BCUT2D eigenvalue weighted by atomic mass is 19.1. The summed E-state index contributed by atoms with van der Waals surface area (Å²) in [5, 5.41) is 8.96. The van der Waals surface area contributed by atoms with Gasteiger partial charge in [-0.05, 0) is 24.6 Å². The number of rotatable bonds is 1. The Morgan fingerprint density at radius 3 is 2.75 bits per heavy atom. The van der Waals surface area contributed by atoms with Crippen LogP contribution in [-0.4, -0.2) is 15.5 Å². The number of aromatic carboxylic acids is 1. The van der Waals surface area contributed by atoms with Crippen LogP contribution in [-0.2, 0) is 0 Å². The topological polar surface area (TPSA) is 58.8 Å². The van der Waals surface area contributed by atoms with Crippen LogP contribution in [0.4, 0.5) is 4.39 Å². The summed E-state index contributed by atoms with van der Waals surface area (Å²) in [6.07, 6.45) is 0.983. The van der Waals surface area contributed by atoms with Crippen molar-refractivity contribution in [3.8, 4) is 0 Å². The molecule has 0 spiro atoms. The standard InChI is InChI=1S/C11H8FNO3/c1-6-4-7(12)5-13-9(14)3-2-8(10(6)13)11(15)16/h2-5H,1H3,(H,15,16). The van der Waals surface area contributed by atoms with Crippen LogP contribution in [0.5, 0.6) is 0 Å². The fourth-order valence-corrected chi connectivity index (χ4v) is 1.69. The number of carbonyl (C=O) groups is 1. The molecule has 1 N–H and O–H groups in total. The van der Waals surface area contributed by atoms with Gasteiger partial charge in [-0.1, -0.05) is 0 Å². The fourth-order valence-electron chi connectivity index (χ4n) is 1.69. The molecule has 5 heteroatoms. The Bertz CT molecular complexity index is 645. The molecule has 16 heavy (non-hydrogen) atoms. The van der Waals surface area contributed by atoms with Gasteiger partial charge in [0.1, 0.15) is 5.82 Å². The number of carboxylic acid groups (broad SMARTS) is 1. The van der Waals surface area contributed by atoms with E-state index in [0.717, 1.165) is 16.7 Å². The number of halogens is 1. The first kappa shape index (κ1) is 10.4. The highest BCUT2D eigenvalue weighted by molar-refractivity contribution is 5.96. The first-order valence-electron chi connectivity index (χ1n) is 4.55. The second-order valence-corrected chi connectivity index (χ2v) is 3.45. The summed E-state index contributed by atoms with van der Waals surface area (Å²) >= 11 is 0. The largest absolute Gasteiger partial charge is 0.478 e. The normalized spacial score (nSPS) is 10.6. The van der Waals surface area contributed by atoms with E-state index in [1.54, 1.807) is 6.92 Å². The van der Waals surface area contributed by atoms with Crippen LogP contribution in [0.1, 0.15) is 15.9 Å². The molecule has 0 unspecified atom stereocenters. The molecule has 0 fully saturated rings. The maximum absolute atomic E-state index is 13.1. The maximum Gasteiger partial charge on any atom is 0.337 e. The van der Waals surface area contributed by atoms with Crippen molar-refractivity contribution in [3.05, 3.63) is 51.7 Å². The van der Waals surface area contributed by atoms with E-state index in [0.29, 0.717) is 5.56 Å². The van der Waals surface area contributed by atoms with Crippen LogP contribution in [0.2, 0.25) is 0 Å². The van der Waals surface area contributed by atoms with Gasteiger partial charge in [0.25, 0.3) is 5.56 Å². The number of carboxylic acids is 1. The monoisotopic (exact) mass is 221 g/mol. The Morgan fingerprint density at radius 1 is 1.44 bits per heavy atom. The number of pyridine rings is 2. The zero-order chi connectivity index (χ0) is 11.9. The van der Waals surface area contributed by atoms with Gasteiger partial charge in [-0.2, -0.15) is 0 Å². The third-order valence-electron chi connectivity index (χ3n) is 2.34. The summed E-state index contributed by atoms with van der Waals surface area (Å²) in [5.41, 5.74) is 0.163. The SMILES string of the molecule is Cc1cc(F)cn2c(=O)ccc(C(=O)O)c12. The van der Waals surface area contributed by atoms with E-state index in [2.05, 4.69) is 0 Å². The second-order valence-electron chi connectivity index (χ2n) is 3.45. The Balaban J connectivity index is 3.04. The summed E-state index contributed by atoms with van der Waals surface area (Å²) in [6.45, 7) is 1.56. The quantitative estimate of drug-likeness (QED) is 0.792. The molecule has 4 nitrogen and oxygen atoms in total. The Morgan fingerprint density at radius 2 is 2.12 bits per heavy atom. The maximum atomic E-state index is 13.1. The zero-order valence-electron chi connectivity index (χ0n) is 8.40. The van der Waals surface area contributed by atoms with Crippen LogP contribution in [0, 0.1) is 12.7 Å². The summed E-state index contributed by atoms with van der Waals surface area (Å²) in [4.78, 5) is 22.4. The third-order valence-corrected chi connectivity index (χ3v) is 2.34. The number of aryl methyl sites for hydroxylation is 1. The Labute approximate surface area is 89.6 Å². The van der Waals surface area contributed by atoms with Crippen LogP contribution in [0.25, 0.3) is 5.52 Å².